The van der Waals surface area contributed by atoms with E-state index in [4.69, 9.17) is 14.5 Å². The van der Waals surface area contributed by atoms with E-state index in [1.165, 1.54) is 31.3 Å². The number of carbonyl (C=O) groups excluding carboxylic acids is 2. The second-order valence-electron chi connectivity index (χ2n) is 7.62. The average molecular weight is 498 g/mol. The normalized spacial score (nSPS) is 22.4. The second kappa shape index (κ2) is 10.0. The van der Waals surface area contributed by atoms with Crippen LogP contribution in [0.2, 0.25) is 0 Å². The van der Waals surface area contributed by atoms with Gasteiger partial charge in [0, 0.05) is 25.0 Å². The van der Waals surface area contributed by atoms with Gasteiger partial charge in [-0.2, -0.15) is 0 Å². The SMILES string of the molecule is Cn1c(=O)ccn([C@@H]2O[C@H](C(=O)NCC(=O)Nc3ccc(CP(=O)(O)O)cc3)[C@@H](O)[C@@H]2O)c1=O. The van der Waals surface area contributed by atoms with E-state index in [2.05, 4.69) is 10.6 Å². The van der Waals surface area contributed by atoms with Crippen molar-refractivity contribution in [1.29, 1.82) is 0 Å². The molecular formula is C19H23N4O10P. The van der Waals surface area contributed by atoms with Gasteiger partial charge in [0.2, 0.25) is 5.91 Å². The molecule has 1 aromatic carbocycles. The molecule has 14 nitrogen and oxygen atoms in total. The predicted octanol–water partition coefficient (Wildman–Crippen LogP) is -2.40. The van der Waals surface area contributed by atoms with Gasteiger partial charge in [0.25, 0.3) is 11.5 Å². The number of aliphatic hydroxyl groups excluding tert-OH is 2. The van der Waals surface area contributed by atoms with E-state index in [0.29, 0.717) is 11.3 Å². The molecule has 1 fully saturated rings. The molecule has 0 spiro atoms. The van der Waals surface area contributed by atoms with Crippen molar-refractivity contribution in [2.24, 2.45) is 7.05 Å². The number of hydrogen-bond donors (Lipinski definition) is 6. The number of carbonyl (C=O) groups is 2. The third-order valence-corrected chi connectivity index (χ3v) is 5.81. The first-order valence-electron chi connectivity index (χ1n) is 9.88. The monoisotopic (exact) mass is 498 g/mol. The molecule has 15 heteroatoms. The standard InChI is InChI=1S/C19H23N4O10P/c1-22-13(25)6-7-23(19(22)29)18-15(27)14(26)16(33-18)17(28)20-8-12(24)21-11-4-2-10(3-5-11)9-34(30,31)32/h2-7,14-16,18,26-27H,8-9H2,1H3,(H,20,28)(H,21,24)(H2,30,31,32)/t14-,15-,16-,18+/m0/s1. The third kappa shape index (κ3) is 5.86. The molecule has 34 heavy (non-hydrogen) atoms. The van der Waals surface area contributed by atoms with Crippen LogP contribution in [0.5, 0.6) is 0 Å². The van der Waals surface area contributed by atoms with Crippen molar-refractivity contribution < 1.29 is 38.9 Å². The number of aromatic nitrogens is 2. The Bertz CT molecular complexity index is 1230. The Balaban J connectivity index is 1.58. The Morgan fingerprint density at radius 2 is 1.74 bits per heavy atom. The molecule has 6 N–H and O–H groups in total. The van der Waals surface area contributed by atoms with E-state index in [1.54, 1.807) is 0 Å². The molecule has 2 amide bonds. The summed E-state index contributed by atoms with van der Waals surface area (Å²) < 4.78 is 18.0. The fraction of sp³-hybridized carbons (Fsp3) is 0.368. The summed E-state index contributed by atoms with van der Waals surface area (Å²) in [4.78, 5) is 66.3. The minimum absolute atomic E-state index is 0.315. The Hall–Kier alpha value is -3.13. The summed E-state index contributed by atoms with van der Waals surface area (Å²) in [6, 6.07) is 6.78. The fourth-order valence-corrected chi connectivity index (χ4v) is 3.98. The Labute approximate surface area is 191 Å². The fourth-order valence-electron chi connectivity index (χ4n) is 3.29. The van der Waals surface area contributed by atoms with E-state index in [0.717, 1.165) is 21.4 Å². The Morgan fingerprint density at radius 3 is 2.35 bits per heavy atom. The van der Waals surface area contributed by atoms with Gasteiger partial charge in [0.15, 0.2) is 12.3 Å². The number of rotatable bonds is 7. The lowest BCUT2D eigenvalue weighted by molar-refractivity contribution is -0.138. The van der Waals surface area contributed by atoms with Crippen molar-refractivity contribution >= 4 is 25.1 Å². The molecule has 4 atom stereocenters. The van der Waals surface area contributed by atoms with E-state index in [1.807, 2.05) is 0 Å². The minimum Gasteiger partial charge on any atom is -0.387 e. The second-order valence-corrected chi connectivity index (χ2v) is 9.26. The molecule has 0 radical (unpaired) electrons. The summed E-state index contributed by atoms with van der Waals surface area (Å²) >= 11 is 0. The molecule has 1 saturated heterocycles. The zero-order chi connectivity index (χ0) is 25.2. The number of hydrogen-bond acceptors (Lipinski definition) is 8. The minimum atomic E-state index is -4.22. The lowest BCUT2D eigenvalue weighted by atomic mass is 10.1. The maximum absolute atomic E-state index is 12.4. The van der Waals surface area contributed by atoms with Gasteiger partial charge in [0.05, 0.1) is 12.7 Å². The van der Waals surface area contributed by atoms with Crippen molar-refractivity contribution in [3.8, 4) is 0 Å². The van der Waals surface area contributed by atoms with Gasteiger partial charge in [-0.25, -0.2) is 4.79 Å². The molecule has 1 aliphatic heterocycles. The van der Waals surface area contributed by atoms with Crippen LogP contribution in [0.4, 0.5) is 5.69 Å². The van der Waals surface area contributed by atoms with Crippen LogP contribution >= 0.6 is 7.60 Å². The van der Waals surface area contributed by atoms with Crippen LogP contribution in [0.1, 0.15) is 11.8 Å². The van der Waals surface area contributed by atoms with Crippen molar-refractivity contribution in [2.75, 3.05) is 11.9 Å². The van der Waals surface area contributed by atoms with Crippen molar-refractivity contribution in [3.05, 3.63) is 62.9 Å². The average Bonchev–Trinajstić information content (AvgIpc) is 3.05. The van der Waals surface area contributed by atoms with Crippen LogP contribution in [-0.4, -0.2) is 65.8 Å². The molecule has 0 saturated carbocycles. The molecule has 1 aliphatic rings. The lowest BCUT2D eigenvalue weighted by Gasteiger charge is -2.17. The maximum Gasteiger partial charge on any atom is 0.332 e. The molecular weight excluding hydrogens is 475 g/mol. The van der Waals surface area contributed by atoms with Gasteiger partial charge >= 0.3 is 13.3 Å². The van der Waals surface area contributed by atoms with E-state index < -0.39 is 67.9 Å². The van der Waals surface area contributed by atoms with Crippen LogP contribution in [0.3, 0.4) is 0 Å². The highest BCUT2D eigenvalue weighted by atomic mass is 31.2. The van der Waals surface area contributed by atoms with Gasteiger partial charge in [-0.3, -0.25) is 28.1 Å². The van der Waals surface area contributed by atoms with E-state index >= 15 is 0 Å². The van der Waals surface area contributed by atoms with Crippen LogP contribution in [0.25, 0.3) is 0 Å². The number of benzene rings is 1. The molecule has 0 bridgehead atoms. The molecule has 1 aromatic heterocycles. The third-order valence-electron chi connectivity index (χ3n) is 5.04. The van der Waals surface area contributed by atoms with Gasteiger partial charge in [-0.15, -0.1) is 0 Å². The lowest BCUT2D eigenvalue weighted by Crippen LogP contribution is -2.45. The summed E-state index contributed by atoms with van der Waals surface area (Å²) in [6.07, 6.45) is -5.77. The summed E-state index contributed by atoms with van der Waals surface area (Å²) in [5, 5.41) is 25.2. The number of anilines is 1. The number of aliphatic hydroxyl groups is 2. The van der Waals surface area contributed by atoms with Crippen LogP contribution in [-0.2, 0) is 32.1 Å². The van der Waals surface area contributed by atoms with Crippen LogP contribution in [0, 0.1) is 0 Å². The van der Waals surface area contributed by atoms with Gasteiger partial charge in [-0.1, -0.05) is 12.1 Å². The summed E-state index contributed by atoms with van der Waals surface area (Å²) in [5.74, 6) is -1.56. The molecule has 0 aliphatic carbocycles. The largest absolute Gasteiger partial charge is 0.387 e. The summed E-state index contributed by atoms with van der Waals surface area (Å²) in [5.41, 5.74) is -0.727. The first-order chi connectivity index (χ1) is 15.9. The predicted molar refractivity (Wildman–Crippen MR) is 116 cm³/mol. The smallest absolute Gasteiger partial charge is 0.332 e. The van der Waals surface area contributed by atoms with Crippen LogP contribution < -0.4 is 21.9 Å². The molecule has 2 heterocycles. The van der Waals surface area contributed by atoms with Gasteiger partial charge in [-0.05, 0) is 17.7 Å². The van der Waals surface area contributed by atoms with Crippen molar-refractivity contribution in [2.45, 2.75) is 30.7 Å². The van der Waals surface area contributed by atoms with E-state index in [9.17, 15) is 34.0 Å². The zero-order valence-corrected chi connectivity index (χ0v) is 18.7. The highest BCUT2D eigenvalue weighted by molar-refractivity contribution is 7.50. The number of nitrogens with one attached hydrogen (secondary N) is 2. The number of amides is 2. The molecule has 3 rings (SSSR count). The summed E-state index contributed by atoms with van der Waals surface area (Å²) in [6.45, 7) is -0.518. The number of nitrogens with zero attached hydrogens (tertiary/aromatic N) is 2. The quantitative estimate of drug-likeness (QED) is 0.223. The first-order valence-corrected chi connectivity index (χ1v) is 11.7. The Morgan fingerprint density at radius 1 is 1.09 bits per heavy atom. The van der Waals surface area contributed by atoms with Crippen molar-refractivity contribution in [1.82, 2.24) is 14.5 Å². The molecule has 184 valence electrons. The van der Waals surface area contributed by atoms with Gasteiger partial charge < -0.3 is 35.4 Å². The Kier molecular flexibility index (Phi) is 7.51. The first kappa shape index (κ1) is 25.5. The van der Waals surface area contributed by atoms with Gasteiger partial charge in [0.1, 0.15) is 12.2 Å². The maximum atomic E-state index is 12.4. The van der Waals surface area contributed by atoms with Crippen LogP contribution in [0.15, 0.2) is 46.1 Å². The number of ether oxygens (including phenoxy) is 1. The summed E-state index contributed by atoms with van der Waals surface area (Å²) in [7, 11) is -3.01. The highest BCUT2D eigenvalue weighted by Crippen LogP contribution is 2.39. The topological polar surface area (TPSA) is 209 Å². The highest BCUT2D eigenvalue weighted by Gasteiger charge is 2.47. The molecule has 2 aromatic rings. The molecule has 0 unspecified atom stereocenters. The van der Waals surface area contributed by atoms with E-state index in [-0.39, 0.29) is 0 Å². The zero-order valence-electron chi connectivity index (χ0n) is 17.8. The van der Waals surface area contributed by atoms with Crippen molar-refractivity contribution in [3.63, 3.8) is 0 Å².